The van der Waals surface area contributed by atoms with E-state index in [4.69, 9.17) is 17.3 Å². The zero-order chi connectivity index (χ0) is 20.7. The topological polar surface area (TPSA) is 101 Å². The van der Waals surface area contributed by atoms with Crippen LogP contribution in [-0.2, 0) is 17.4 Å². The first-order valence-electron chi connectivity index (χ1n) is 9.08. The number of nitrogens with two attached hydrogens (primary N) is 1. The number of benzene rings is 1. The molecule has 2 aliphatic rings. The van der Waals surface area contributed by atoms with Gasteiger partial charge in [-0.3, -0.25) is 9.10 Å². The van der Waals surface area contributed by atoms with Crippen LogP contribution < -0.4 is 11.1 Å². The Morgan fingerprint density at radius 2 is 2.21 bits per heavy atom. The summed E-state index contributed by atoms with van der Waals surface area (Å²) in [5.41, 5.74) is 8.04. The summed E-state index contributed by atoms with van der Waals surface area (Å²) in [7, 11) is 0.384. The van der Waals surface area contributed by atoms with Crippen LogP contribution in [0.4, 0.5) is 10.1 Å². The minimum absolute atomic E-state index is 0.112. The number of hydrogen-bond donors (Lipinski definition) is 2. The Bertz CT molecular complexity index is 1050. The molecule has 1 aliphatic carbocycles. The molecule has 152 valence electrons. The van der Waals surface area contributed by atoms with Crippen LogP contribution in [0.1, 0.15) is 40.5 Å². The van der Waals surface area contributed by atoms with Crippen molar-refractivity contribution in [3.8, 4) is 0 Å². The van der Waals surface area contributed by atoms with Crippen LogP contribution in [0.15, 0.2) is 35.5 Å². The fourth-order valence-corrected chi connectivity index (χ4v) is 5.26. The van der Waals surface area contributed by atoms with Crippen LogP contribution in [0.25, 0.3) is 0 Å². The van der Waals surface area contributed by atoms with Gasteiger partial charge < -0.3 is 11.1 Å². The zero-order valence-corrected chi connectivity index (χ0v) is 17.1. The number of anilines is 1. The van der Waals surface area contributed by atoms with Gasteiger partial charge in [-0.1, -0.05) is 17.7 Å². The van der Waals surface area contributed by atoms with Crippen molar-refractivity contribution in [3.63, 3.8) is 0 Å². The number of fused-ring (bicyclic) bond motifs is 3. The summed E-state index contributed by atoms with van der Waals surface area (Å²) in [4.78, 5) is 20.8. The van der Waals surface area contributed by atoms with E-state index in [0.717, 1.165) is 36.5 Å². The lowest BCUT2D eigenvalue weighted by atomic mass is 9.98. The molecule has 4 rings (SSSR count). The number of aliphatic imine (C=N–C) groups is 1. The number of aryl methyl sites for hydroxylation is 1. The number of rotatable bonds is 2. The lowest BCUT2D eigenvalue weighted by molar-refractivity contribution is 0.101. The highest BCUT2D eigenvalue weighted by Crippen LogP contribution is 2.38. The van der Waals surface area contributed by atoms with Crippen LogP contribution >= 0.6 is 11.6 Å². The Kier molecular flexibility index (Phi) is 5.26. The molecule has 2 heterocycles. The van der Waals surface area contributed by atoms with Crippen molar-refractivity contribution in [2.45, 2.75) is 30.6 Å². The number of amides is 1. The summed E-state index contributed by atoms with van der Waals surface area (Å²) >= 11 is 5.69. The molecule has 0 bridgehead atoms. The molecule has 0 radical (unpaired) electrons. The van der Waals surface area contributed by atoms with Crippen LogP contribution in [0.2, 0.25) is 5.02 Å². The fourth-order valence-electron chi connectivity index (χ4n) is 3.68. The summed E-state index contributed by atoms with van der Waals surface area (Å²) < 4.78 is 28.3. The first-order valence-corrected chi connectivity index (χ1v) is 10.6. The van der Waals surface area contributed by atoms with E-state index < -0.39 is 22.7 Å². The predicted molar refractivity (Wildman–Crippen MR) is 111 cm³/mol. The number of nitrogens with zero attached hydrogens (tertiary/aromatic N) is 3. The van der Waals surface area contributed by atoms with Gasteiger partial charge in [0.15, 0.2) is 11.5 Å². The smallest absolute Gasteiger partial charge is 0.277 e. The maximum Gasteiger partial charge on any atom is 0.277 e. The highest BCUT2D eigenvalue weighted by Gasteiger charge is 2.38. The van der Waals surface area contributed by atoms with Crippen LogP contribution in [0, 0.1) is 5.82 Å². The summed E-state index contributed by atoms with van der Waals surface area (Å²) in [6.07, 6.45) is 3.68. The highest BCUT2D eigenvalue weighted by molar-refractivity contribution is 7.84. The minimum atomic E-state index is -1.28. The molecule has 7 nitrogen and oxygen atoms in total. The molecule has 1 aromatic carbocycles. The molecule has 1 amide bonds. The molecule has 0 spiro atoms. The third kappa shape index (κ3) is 3.72. The zero-order valence-electron chi connectivity index (χ0n) is 15.6. The van der Waals surface area contributed by atoms with E-state index in [1.165, 1.54) is 10.5 Å². The number of aromatic nitrogens is 1. The third-order valence-corrected chi connectivity index (χ3v) is 7.10. The van der Waals surface area contributed by atoms with Gasteiger partial charge in [0.25, 0.3) is 5.91 Å². The molecule has 1 aromatic heterocycles. The second-order valence-corrected chi connectivity index (χ2v) is 9.13. The SMILES string of the molecule is CN1C(N)=NC2c3cc(NC(=O)c4ncc(Cl)cc4F)ccc3CCCC2S1=O. The Labute approximate surface area is 174 Å². The van der Waals surface area contributed by atoms with Gasteiger partial charge in [-0.25, -0.2) is 18.6 Å². The van der Waals surface area contributed by atoms with Crippen molar-refractivity contribution in [1.29, 1.82) is 0 Å². The second-order valence-electron chi connectivity index (χ2n) is 6.99. The molecule has 10 heteroatoms. The number of carbonyl (C=O) groups excluding carboxylic acids is 1. The molecule has 0 saturated heterocycles. The molecule has 3 atom stereocenters. The highest BCUT2D eigenvalue weighted by atomic mass is 35.5. The summed E-state index contributed by atoms with van der Waals surface area (Å²) in [6, 6.07) is 6.14. The summed E-state index contributed by atoms with van der Waals surface area (Å²) in [5, 5.41) is 2.59. The number of carbonyl (C=O) groups is 1. The van der Waals surface area contributed by atoms with Gasteiger partial charge in [0.1, 0.15) is 11.0 Å². The lowest BCUT2D eigenvalue weighted by Crippen LogP contribution is -2.46. The monoisotopic (exact) mass is 435 g/mol. The van der Waals surface area contributed by atoms with Gasteiger partial charge in [-0.05, 0) is 48.6 Å². The summed E-state index contributed by atoms with van der Waals surface area (Å²) in [5.74, 6) is -1.26. The van der Waals surface area contributed by atoms with E-state index in [1.807, 2.05) is 6.07 Å². The van der Waals surface area contributed by atoms with Crippen molar-refractivity contribution in [3.05, 3.63) is 58.1 Å². The number of hydrogen-bond acceptors (Lipinski definition) is 5. The van der Waals surface area contributed by atoms with Gasteiger partial charge in [-0.2, -0.15) is 0 Å². The number of pyridine rings is 1. The maximum atomic E-state index is 14.0. The molecule has 0 fully saturated rings. The van der Waals surface area contributed by atoms with E-state index in [0.29, 0.717) is 5.69 Å². The van der Waals surface area contributed by atoms with E-state index >= 15 is 0 Å². The predicted octanol–water partition coefficient (Wildman–Crippen LogP) is 2.80. The molecular formula is C19H19ClFN5O2S. The fraction of sp³-hybridized carbons (Fsp3) is 0.316. The van der Waals surface area contributed by atoms with Crippen LogP contribution in [0.5, 0.6) is 0 Å². The lowest BCUT2D eigenvalue weighted by Gasteiger charge is -2.33. The van der Waals surface area contributed by atoms with Crippen molar-refractivity contribution < 1.29 is 13.4 Å². The van der Waals surface area contributed by atoms with Gasteiger partial charge in [0, 0.05) is 18.9 Å². The average molecular weight is 436 g/mol. The quantitative estimate of drug-likeness (QED) is 0.757. The van der Waals surface area contributed by atoms with E-state index in [2.05, 4.69) is 15.3 Å². The second kappa shape index (κ2) is 7.72. The van der Waals surface area contributed by atoms with Gasteiger partial charge in [-0.15, -0.1) is 0 Å². The first-order chi connectivity index (χ1) is 13.8. The number of nitrogens with one attached hydrogen (secondary N) is 1. The molecule has 3 unspecified atom stereocenters. The number of halogens is 2. The van der Waals surface area contributed by atoms with Gasteiger partial charge >= 0.3 is 0 Å². The van der Waals surface area contributed by atoms with Crippen molar-refractivity contribution >= 4 is 40.1 Å². The molecule has 1 aliphatic heterocycles. The van der Waals surface area contributed by atoms with E-state index in [9.17, 15) is 13.4 Å². The molecular weight excluding hydrogens is 417 g/mol. The Balaban J connectivity index is 1.67. The van der Waals surface area contributed by atoms with Gasteiger partial charge in [0.2, 0.25) is 5.96 Å². The van der Waals surface area contributed by atoms with Crippen molar-refractivity contribution in [1.82, 2.24) is 9.29 Å². The van der Waals surface area contributed by atoms with Gasteiger partial charge in [0.05, 0.1) is 16.3 Å². The molecule has 0 saturated carbocycles. The third-order valence-electron chi connectivity index (χ3n) is 5.16. The number of guanidine groups is 1. The van der Waals surface area contributed by atoms with Crippen molar-refractivity contribution in [2.75, 3.05) is 12.4 Å². The Morgan fingerprint density at radius 3 is 2.97 bits per heavy atom. The largest absolute Gasteiger partial charge is 0.369 e. The first kappa shape index (κ1) is 19.8. The van der Waals surface area contributed by atoms with Crippen LogP contribution in [-0.4, -0.2) is 37.7 Å². The molecule has 2 aromatic rings. The van der Waals surface area contributed by atoms with Crippen LogP contribution in [0.3, 0.4) is 0 Å². The standard InChI is InChI=1S/C19H19ClFN5O2S/c1-26-19(22)25-16-13-8-12(6-5-10(13)3-2-4-15(16)29(26)28)24-18(27)17-14(21)7-11(20)9-23-17/h5-9,15-16H,2-4H2,1H3,(H2,22,25)(H,24,27). The minimum Gasteiger partial charge on any atom is -0.369 e. The average Bonchev–Trinajstić information content (AvgIpc) is 2.85. The molecule has 3 N–H and O–H groups in total. The van der Waals surface area contributed by atoms with E-state index in [-0.39, 0.29) is 28.0 Å². The Morgan fingerprint density at radius 1 is 1.41 bits per heavy atom. The van der Waals surface area contributed by atoms with E-state index in [1.54, 1.807) is 19.2 Å². The normalized spacial score (nSPS) is 23.5. The summed E-state index contributed by atoms with van der Waals surface area (Å²) in [6.45, 7) is 0. The Hall–Kier alpha value is -2.52. The molecule has 29 heavy (non-hydrogen) atoms. The maximum absolute atomic E-state index is 14.0. The van der Waals surface area contributed by atoms with Crippen molar-refractivity contribution in [2.24, 2.45) is 10.7 Å².